The van der Waals surface area contributed by atoms with Crippen molar-refractivity contribution in [2.75, 3.05) is 10.6 Å². The number of aromatic nitrogens is 4. The molecule has 0 amide bonds. The lowest BCUT2D eigenvalue weighted by molar-refractivity contribution is -0.139. The highest BCUT2D eigenvalue weighted by atomic mass is 35.5. The van der Waals surface area contributed by atoms with Gasteiger partial charge in [-0.1, -0.05) is 17.6 Å². The van der Waals surface area contributed by atoms with Crippen molar-refractivity contribution < 1.29 is 33.2 Å². The van der Waals surface area contributed by atoms with Crippen LogP contribution in [0.3, 0.4) is 0 Å². The SMILES string of the molecule is [2H]c1cc(-c2nc(NC(C)C(F)(F)F)nc(NC(C([2H])([2H])[2H])C(F)(F)F)n2)nc(Cl)c1[2H]. The van der Waals surface area contributed by atoms with Gasteiger partial charge in [-0.25, -0.2) is 4.98 Å². The smallest absolute Gasteiger partial charge is 0.343 e. The van der Waals surface area contributed by atoms with Gasteiger partial charge in [0.2, 0.25) is 11.9 Å². The minimum absolute atomic E-state index is 0.374. The van der Waals surface area contributed by atoms with Crippen LogP contribution in [0.1, 0.15) is 20.6 Å². The van der Waals surface area contributed by atoms with Crippen LogP contribution in [0.4, 0.5) is 38.2 Å². The molecule has 0 aromatic carbocycles. The van der Waals surface area contributed by atoms with Crippen LogP contribution in [0, 0.1) is 0 Å². The van der Waals surface area contributed by atoms with Gasteiger partial charge in [0.1, 0.15) is 22.9 Å². The Labute approximate surface area is 161 Å². The number of hydrogen-bond acceptors (Lipinski definition) is 6. The third-order valence-corrected chi connectivity index (χ3v) is 3.08. The van der Waals surface area contributed by atoms with Gasteiger partial charge < -0.3 is 10.6 Å². The van der Waals surface area contributed by atoms with E-state index in [0.717, 1.165) is 6.07 Å². The van der Waals surface area contributed by atoms with Crippen LogP contribution in [-0.4, -0.2) is 44.4 Å². The Morgan fingerprint density at radius 2 is 1.56 bits per heavy atom. The maximum absolute atomic E-state index is 13.2. The number of nitrogens with zero attached hydrogens (tertiary/aromatic N) is 4. The van der Waals surface area contributed by atoms with Crippen LogP contribution in [-0.2, 0) is 0 Å². The van der Waals surface area contributed by atoms with Gasteiger partial charge in [0.05, 0.1) is 2.74 Å². The molecule has 2 unspecified atom stereocenters. The van der Waals surface area contributed by atoms with Crippen molar-refractivity contribution in [1.82, 2.24) is 19.9 Å². The molecule has 2 aromatic heterocycles. The summed E-state index contributed by atoms with van der Waals surface area (Å²) in [5, 5.41) is 2.87. The predicted octanol–water partition coefficient (Wildman–Crippen LogP) is 4.31. The first kappa shape index (κ1) is 14.7. The second-order valence-electron chi connectivity index (χ2n) is 5.03. The molecule has 2 rings (SSSR count). The fraction of sp³-hybridized carbons (Fsp3) is 0.429. The number of halogens is 7. The van der Waals surface area contributed by atoms with Crippen LogP contribution >= 0.6 is 11.6 Å². The first-order valence-corrected chi connectivity index (χ1v) is 7.34. The summed E-state index contributed by atoms with van der Waals surface area (Å²) in [6, 6.07) is -5.48. The van der Waals surface area contributed by atoms with E-state index < -0.39 is 66.2 Å². The average molecular weight is 420 g/mol. The van der Waals surface area contributed by atoms with Gasteiger partial charge in [-0.3, -0.25) is 0 Å². The van der Waals surface area contributed by atoms with Crippen molar-refractivity contribution in [3.05, 3.63) is 23.3 Å². The van der Waals surface area contributed by atoms with Crippen LogP contribution in [0.2, 0.25) is 5.15 Å². The quantitative estimate of drug-likeness (QED) is 0.555. The van der Waals surface area contributed by atoms with Crippen molar-refractivity contribution in [1.29, 1.82) is 0 Å². The first-order valence-electron chi connectivity index (χ1n) is 9.46. The molecule has 0 saturated heterocycles. The van der Waals surface area contributed by atoms with Gasteiger partial charge in [-0.2, -0.15) is 41.3 Å². The van der Waals surface area contributed by atoms with E-state index in [1.54, 1.807) is 5.32 Å². The molecule has 2 atom stereocenters. The van der Waals surface area contributed by atoms with E-state index in [-0.39, 0.29) is 5.69 Å². The molecule has 0 aliphatic rings. The Hall–Kier alpha value is -2.37. The van der Waals surface area contributed by atoms with E-state index in [0.29, 0.717) is 6.92 Å². The van der Waals surface area contributed by atoms with Crippen molar-refractivity contribution in [2.45, 2.75) is 38.2 Å². The van der Waals surface area contributed by atoms with E-state index in [1.807, 2.05) is 5.32 Å². The van der Waals surface area contributed by atoms with Gasteiger partial charge in [0, 0.05) is 4.11 Å². The summed E-state index contributed by atoms with van der Waals surface area (Å²) in [5.41, 5.74) is -0.374. The van der Waals surface area contributed by atoms with Crippen molar-refractivity contribution in [2.24, 2.45) is 0 Å². The molecule has 0 bridgehead atoms. The summed E-state index contributed by atoms with van der Waals surface area (Å²) in [7, 11) is 0. The van der Waals surface area contributed by atoms with Crippen molar-refractivity contribution >= 4 is 23.5 Å². The highest BCUT2D eigenvalue weighted by molar-refractivity contribution is 6.29. The monoisotopic (exact) mass is 419 g/mol. The molecular formula is C14H13ClF6N6. The van der Waals surface area contributed by atoms with E-state index in [4.69, 9.17) is 18.5 Å². The highest BCUT2D eigenvalue weighted by Gasteiger charge is 2.38. The largest absolute Gasteiger partial charge is 0.408 e. The summed E-state index contributed by atoms with van der Waals surface area (Å²) in [6.07, 6.45) is -10.1. The number of alkyl halides is 6. The standard InChI is InChI=1S/C14H13ClF6N6/c1-6(13(16,17)18)22-11-25-10(8-4-3-5-9(15)24-8)26-12(27-11)23-7(2)14(19,20)21/h3-7H,1-2H3,(H2,22,23,25,26,27)/i1D3,3D,5D. The highest BCUT2D eigenvalue weighted by Crippen LogP contribution is 2.26. The summed E-state index contributed by atoms with van der Waals surface area (Å²) in [4.78, 5) is 14.3. The van der Waals surface area contributed by atoms with E-state index in [1.165, 1.54) is 0 Å². The molecule has 0 saturated carbocycles. The third kappa shape index (κ3) is 5.81. The molecule has 0 aliphatic carbocycles. The zero-order valence-corrected chi connectivity index (χ0v) is 13.9. The van der Waals surface area contributed by atoms with Gasteiger partial charge >= 0.3 is 12.4 Å². The maximum atomic E-state index is 13.2. The summed E-state index contributed by atoms with van der Waals surface area (Å²) in [6.45, 7) is -2.93. The number of nitrogens with one attached hydrogen (secondary N) is 2. The predicted molar refractivity (Wildman–Crippen MR) is 86.3 cm³/mol. The second kappa shape index (κ2) is 7.71. The summed E-state index contributed by atoms with van der Waals surface area (Å²) < 4.78 is 115. The minimum atomic E-state index is -5.30. The molecule has 0 radical (unpaired) electrons. The molecule has 0 spiro atoms. The molecule has 2 aromatic rings. The first-order chi connectivity index (χ1) is 14.4. The Morgan fingerprint density at radius 3 is 2.04 bits per heavy atom. The lowest BCUT2D eigenvalue weighted by Gasteiger charge is -2.20. The van der Waals surface area contributed by atoms with Crippen LogP contribution < -0.4 is 10.6 Å². The van der Waals surface area contributed by atoms with Gasteiger partial charge in [-0.15, -0.1) is 0 Å². The number of hydrogen-bond donors (Lipinski definition) is 2. The van der Waals surface area contributed by atoms with Crippen LogP contribution in [0.5, 0.6) is 0 Å². The number of anilines is 2. The second-order valence-corrected chi connectivity index (χ2v) is 5.39. The fourth-order valence-corrected chi connectivity index (χ4v) is 1.70. The molecule has 13 heteroatoms. The van der Waals surface area contributed by atoms with Crippen molar-refractivity contribution in [3.8, 4) is 11.5 Å². The molecule has 2 heterocycles. The summed E-state index contributed by atoms with van der Waals surface area (Å²) in [5.74, 6) is -2.50. The topological polar surface area (TPSA) is 75.6 Å². The Balaban J connectivity index is 2.61. The Kier molecular flexibility index (Phi) is 4.18. The van der Waals surface area contributed by atoms with E-state index in [2.05, 4.69) is 19.9 Å². The van der Waals surface area contributed by atoms with Crippen LogP contribution in [0.25, 0.3) is 11.5 Å². The lowest BCUT2D eigenvalue weighted by atomic mass is 10.3. The van der Waals surface area contributed by atoms with Gasteiger partial charge in [-0.05, 0) is 25.9 Å². The summed E-state index contributed by atoms with van der Waals surface area (Å²) >= 11 is 5.70. The van der Waals surface area contributed by atoms with Crippen LogP contribution in [0.15, 0.2) is 18.2 Å². The molecule has 0 aliphatic heterocycles. The minimum Gasteiger partial charge on any atom is -0.343 e. The van der Waals surface area contributed by atoms with E-state index >= 15 is 0 Å². The molecule has 6 nitrogen and oxygen atoms in total. The zero-order valence-electron chi connectivity index (χ0n) is 18.2. The molecule has 27 heavy (non-hydrogen) atoms. The number of pyridine rings is 1. The molecule has 0 fully saturated rings. The fourth-order valence-electron chi connectivity index (χ4n) is 1.55. The van der Waals surface area contributed by atoms with Gasteiger partial charge in [0.25, 0.3) is 0 Å². The maximum Gasteiger partial charge on any atom is 0.408 e. The molecular weight excluding hydrogens is 402 g/mol. The number of rotatable bonds is 5. The molecule has 148 valence electrons. The normalized spacial score (nSPS) is 17.7. The zero-order chi connectivity index (χ0) is 24.6. The van der Waals surface area contributed by atoms with Crippen molar-refractivity contribution in [3.63, 3.8) is 0 Å². The lowest BCUT2D eigenvalue weighted by Crippen LogP contribution is -2.35. The molecule has 2 N–H and O–H groups in total. The van der Waals surface area contributed by atoms with Gasteiger partial charge in [0.15, 0.2) is 5.82 Å². The Bertz CT molecular complexity index is 949. The average Bonchev–Trinajstić information content (AvgIpc) is 2.61. The van der Waals surface area contributed by atoms with E-state index in [9.17, 15) is 26.3 Å². The Morgan fingerprint density at radius 1 is 1.00 bits per heavy atom. The third-order valence-electron chi connectivity index (χ3n) is 2.90.